The van der Waals surface area contributed by atoms with Gasteiger partial charge in [0.25, 0.3) is 0 Å². The van der Waals surface area contributed by atoms with Gasteiger partial charge in [0.2, 0.25) is 0 Å². The van der Waals surface area contributed by atoms with Crippen LogP contribution in [0.25, 0.3) is 0 Å². The lowest BCUT2D eigenvalue weighted by atomic mass is 10.2. The quantitative estimate of drug-likeness (QED) is 0.686. The van der Waals surface area contributed by atoms with Crippen LogP contribution in [0.3, 0.4) is 0 Å². The summed E-state index contributed by atoms with van der Waals surface area (Å²) in [5.41, 5.74) is 2.16. The number of carbonyl (C=O) groups excluding carboxylic acids is 1. The van der Waals surface area contributed by atoms with Crippen molar-refractivity contribution in [1.82, 2.24) is 4.57 Å². The first-order chi connectivity index (χ1) is 6.65. The lowest BCUT2D eigenvalue weighted by Gasteiger charge is -2.13. The third-order valence-electron chi connectivity index (χ3n) is 2.27. The smallest absolute Gasteiger partial charge is 0.151 e. The first-order valence-electron chi connectivity index (χ1n) is 4.75. The Kier molecular flexibility index (Phi) is 3.08. The highest BCUT2D eigenvalue weighted by Crippen LogP contribution is 2.20. The molecule has 0 amide bonds. The van der Waals surface area contributed by atoms with Gasteiger partial charge in [0.05, 0.1) is 0 Å². The Morgan fingerprint density at radius 3 is 2.64 bits per heavy atom. The van der Waals surface area contributed by atoms with E-state index in [1.165, 1.54) is 0 Å². The molecule has 0 radical (unpaired) electrons. The van der Waals surface area contributed by atoms with Crippen LogP contribution >= 0.6 is 0 Å². The highest BCUT2D eigenvalue weighted by Gasteiger charge is 2.14. The van der Waals surface area contributed by atoms with Crippen LogP contribution in [0.15, 0.2) is 6.07 Å². The van der Waals surface area contributed by atoms with E-state index in [0.717, 1.165) is 18.4 Å². The maximum Gasteiger partial charge on any atom is 0.151 e. The second-order valence-corrected chi connectivity index (χ2v) is 3.48. The molecule has 0 atom stereocenters. The van der Waals surface area contributed by atoms with E-state index >= 15 is 0 Å². The topological polar surface area (TPSA) is 45.8 Å². The molecule has 0 spiro atoms. The number of rotatable bonds is 3. The van der Waals surface area contributed by atoms with Crippen molar-refractivity contribution in [3.8, 4) is 6.07 Å². The summed E-state index contributed by atoms with van der Waals surface area (Å²) in [6, 6.07) is 3.98. The minimum absolute atomic E-state index is 0.216. The van der Waals surface area contributed by atoms with Crippen LogP contribution in [-0.4, -0.2) is 10.9 Å². The van der Waals surface area contributed by atoms with E-state index in [-0.39, 0.29) is 6.04 Å². The van der Waals surface area contributed by atoms with Crippen molar-refractivity contribution < 1.29 is 4.79 Å². The molecule has 1 heterocycles. The minimum atomic E-state index is 0.216. The van der Waals surface area contributed by atoms with Gasteiger partial charge in [-0.1, -0.05) is 6.92 Å². The number of aromatic nitrogens is 1. The van der Waals surface area contributed by atoms with E-state index in [1.807, 2.05) is 25.3 Å². The number of nitriles is 1. The number of carbonyl (C=O) groups is 1. The fourth-order valence-electron chi connectivity index (χ4n) is 1.74. The first kappa shape index (κ1) is 10.5. The third-order valence-corrected chi connectivity index (χ3v) is 2.27. The van der Waals surface area contributed by atoms with Gasteiger partial charge in [0.1, 0.15) is 11.8 Å². The average molecular weight is 190 g/mol. The van der Waals surface area contributed by atoms with Gasteiger partial charge in [-0.05, 0) is 26.3 Å². The molecule has 0 aliphatic heterocycles. The average Bonchev–Trinajstić information content (AvgIpc) is 2.54. The van der Waals surface area contributed by atoms with Crippen LogP contribution in [-0.2, 0) is 6.42 Å². The molecule has 0 bridgehead atoms. The van der Waals surface area contributed by atoms with Crippen molar-refractivity contribution in [1.29, 1.82) is 5.26 Å². The molecule has 3 nitrogen and oxygen atoms in total. The molecule has 0 N–H and O–H groups in total. The molecule has 0 fully saturated rings. The molecular weight excluding hydrogens is 176 g/mol. The van der Waals surface area contributed by atoms with E-state index in [9.17, 15) is 4.79 Å². The van der Waals surface area contributed by atoms with Gasteiger partial charge in [-0.25, -0.2) is 0 Å². The van der Waals surface area contributed by atoms with Crippen LogP contribution < -0.4 is 0 Å². The monoisotopic (exact) mass is 190 g/mol. The lowest BCUT2D eigenvalue weighted by Crippen LogP contribution is -2.07. The summed E-state index contributed by atoms with van der Waals surface area (Å²) in [4.78, 5) is 10.8. The standard InChI is InChI=1S/C11H14N2O/c1-4-11-9(7-14)5-10(6-12)13(11)8(2)3/h5,7-8H,4H2,1-3H3. The normalized spacial score (nSPS) is 10.2. The number of hydrogen-bond acceptors (Lipinski definition) is 2. The molecule has 1 aromatic rings. The van der Waals surface area contributed by atoms with Crippen LogP contribution in [0.1, 0.15) is 48.6 Å². The van der Waals surface area contributed by atoms with E-state index in [2.05, 4.69) is 6.07 Å². The fourth-order valence-corrected chi connectivity index (χ4v) is 1.74. The molecular formula is C11H14N2O. The molecule has 1 rings (SSSR count). The largest absolute Gasteiger partial charge is 0.333 e. The molecule has 3 heteroatoms. The van der Waals surface area contributed by atoms with Crippen LogP contribution in [0.2, 0.25) is 0 Å². The lowest BCUT2D eigenvalue weighted by molar-refractivity contribution is 0.112. The Labute approximate surface area is 84.0 Å². The van der Waals surface area contributed by atoms with Crippen LogP contribution in [0, 0.1) is 11.3 Å². The molecule has 0 aliphatic carbocycles. The van der Waals surface area contributed by atoms with Gasteiger partial charge in [-0.2, -0.15) is 5.26 Å². The number of nitrogens with zero attached hydrogens (tertiary/aromatic N) is 2. The molecule has 74 valence electrons. The highest BCUT2D eigenvalue weighted by molar-refractivity contribution is 5.77. The highest BCUT2D eigenvalue weighted by atomic mass is 16.1. The Bertz CT molecular complexity index is 383. The van der Waals surface area contributed by atoms with Gasteiger partial charge in [0.15, 0.2) is 6.29 Å². The zero-order chi connectivity index (χ0) is 10.7. The van der Waals surface area contributed by atoms with Crippen molar-refractivity contribution in [2.45, 2.75) is 33.2 Å². The summed E-state index contributed by atoms with van der Waals surface area (Å²) < 4.78 is 1.92. The molecule has 0 aromatic carbocycles. The fraction of sp³-hybridized carbons (Fsp3) is 0.455. The zero-order valence-electron chi connectivity index (χ0n) is 8.74. The second kappa shape index (κ2) is 4.10. The minimum Gasteiger partial charge on any atom is -0.333 e. The molecule has 1 aromatic heterocycles. The second-order valence-electron chi connectivity index (χ2n) is 3.48. The first-order valence-corrected chi connectivity index (χ1v) is 4.75. The summed E-state index contributed by atoms with van der Waals surface area (Å²) in [6.07, 6.45) is 1.59. The Balaban J connectivity index is 3.42. The van der Waals surface area contributed by atoms with E-state index in [0.29, 0.717) is 11.3 Å². The van der Waals surface area contributed by atoms with Crippen molar-refractivity contribution >= 4 is 6.29 Å². The zero-order valence-corrected chi connectivity index (χ0v) is 8.74. The van der Waals surface area contributed by atoms with Gasteiger partial charge >= 0.3 is 0 Å². The van der Waals surface area contributed by atoms with Gasteiger partial charge in [-0.15, -0.1) is 0 Å². The summed E-state index contributed by atoms with van der Waals surface area (Å²) >= 11 is 0. The molecule has 0 saturated heterocycles. The van der Waals surface area contributed by atoms with Crippen molar-refractivity contribution in [3.05, 3.63) is 23.0 Å². The molecule has 14 heavy (non-hydrogen) atoms. The molecule has 0 saturated carbocycles. The predicted octanol–water partition coefficient (Wildman–Crippen LogP) is 2.32. The summed E-state index contributed by atoms with van der Waals surface area (Å²) in [6.45, 7) is 6.01. The molecule has 0 unspecified atom stereocenters. The van der Waals surface area contributed by atoms with Gasteiger partial charge in [0, 0.05) is 17.3 Å². The van der Waals surface area contributed by atoms with Gasteiger partial charge < -0.3 is 4.57 Å². The van der Waals surface area contributed by atoms with Gasteiger partial charge in [-0.3, -0.25) is 4.79 Å². The van der Waals surface area contributed by atoms with Crippen LogP contribution in [0.5, 0.6) is 0 Å². The Morgan fingerprint density at radius 1 is 1.64 bits per heavy atom. The Morgan fingerprint density at radius 2 is 2.29 bits per heavy atom. The predicted molar refractivity (Wildman–Crippen MR) is 54.3 cm³/mol. The summed E-state index contributed by atoms with van der Waals surface area (Å²) in [5, 5.41) is 8.91. The summed E-state index contributed by atoms with van der Waals surface area (Å²) in [5.74, 6) is 0. The van der Waals surface area contributed by atoms with E-state index in [1.54, 1.807) is 6.07 Å². The van der Waals surface area contributed by atoms with Crippen molar-refractivity contribution in [2.75, 3.05) is 0 Å². The van der Waals surface area contributed by atoms with E-state index < -0.39 is 0 Å². The SMILES string of the molecule is CCc1c(C=O)cc(C#N)n1C(C)C. The Hall–Kier alpha value is -1.56. The third kappa shape index (κ3) is 1.56. The number of aldehydes is 1. The maximum absolute atomic E-state index is 10.8. The number of hydrogen-bond donors (Lipinski definition) is 0. The van der Waals surface area contributed by atoms with Crippen molar-refractivity contribution in [3.63, 3.8) is 0 Å². The van der Waals surface area contributed by atoms with E-state index in [4.69, 9.17) is 5.26 Å². The maximum atomic E-state index is 10.8. The van der Waals surface area contributed by atoms with Crippen LogP contribution in [0.4, 0.5) is 0 Å². The molecule has 0 aliphatic rings. The summed E-state index contributed by atoms with van der Waals surface area (Å²) in [7, 11) is 0. The van der Waals surface area contributed by atoms with Crippen molar-refractivity contribution in [2.24, 2.45) is 0 Å².